The maximum absolute atomic E-state index is 12.5. The molecule has 2 aromatic rings. The first-order valence-electron chi connectivity index (χ1n) is 10.9. The van der Waals surface area contributed by atoms with E-state index in [2.05, 4.69) is 10.6 Å². The minimum absolute atomic E-state index is 0.128. The summed E-state index contributed by atoms with van der Waals surface area (Å²) in [5.41, 5.74) is 3.38. The van der Waals surface area contributed by atoms with Crippen LogP contribution >= 0.6 is 0 Å². The lowest BCUT2D eigenvalue weighted by Crippen LogP contribution is -2.32. The number of hydrogen-bond acceptors (Lipinski definition) is 4. The summed E-state index contributed by atoms with van der Waals surface area (Å²) in [7, 11) is -3.49. The minimum Gasteiger partial charge on any atom is -0.352 e. The maximum atomic E-state index is 12.5. The Balaban J connectivity index is 2.02. The zero-order chi connectivity index (χ0) is 23.7. The molecule has 0 aliphatic carbocycles. The first-order chi connectivity index (χ1) is 15.1. The third-order valence-electron chi connectivity index (χ3n) is 5.27. The van der Waals surface area contributed by atoms with Crippen molar-refractivity contribution >= 4 is 33.2 Å². The summed E-state index contributed by atoms with van der Waals surface area (Å²) in [6.45, 7) is 6.64. The number of nitrogens with zero attached hydrogens (tertiary/aromatic N) is 1. The lowest BCUT2D eigenvalue weighted by molar-refractivity contribution is -0.116. The van der Waals surface area contributed by atoms with Crippen LogP contribution < -0.4 is 14.9 Å². The van der Waals surface area contributed by atoms with Crippen LogP contribution in [0.3, 0.4) is 0 Å². The molecule has 2 N–H and O–H groups in total. The number of para-hydroxylation sites is 1. The average molecular weight is 460 g/mol. The van der Waals surface area contributed by atoms with E-state index in [4.69, 9.17) is 0 Å². The number of anilines is 2. The fourth-order valence-electron chi connectivity index (χ4n) is 3.33. The van der Waals surface area contributed by atoms with E-state index in [1.54, 1.807) is 30.3 Å². The molecule has 2 rings (SSSR count). The molecular formula is C24H33N3O4S. The zero-order valence-electron chi connectivity index (χ0n) is 19.3. The van der Waals surface area contributed by atoms with Gasteiger partial charge in [0, 0.05) is 19.5 Å². The SMILES string of the molecule is CCCCNC(=O)c1ccccc1NC(=O)CCCN(c1cccc(C)c1C)S(C)(=O)=O. The number of rotatable bonds is 11. The second kappa shape index (κ2) is 11.7. The zero-order valence-corrected chi connectivity index (χ0v) is 20.1. The van der Waals surface area contributed by atoms with Gasteiger partial charge in [-0.25, -0.2) is 8.42 Å². The van der Waals surface area contributed by atoms with E-state index in [0.717, 1.165) is 24.0 Å². The first-order valence-corrected chi connectivity index (χ1v) is 12.7. The van der Waals surface area contributed by atoms with Gasteiger partial charge >= 0.3 is 0 Å². The van der Waals surface area contributed by atoms with Crippen molar-refractivity contribution in [3.8, 4) is 0 Å². The quantitative estimate of drug-likeness (QED) is 0.496. The van der Waals surface area contributed by atoms with E-state index in [1.807, 2.05) is 32.9 Å². The van der Waals surface area contributed by atoms with Gasteiger partial charge in [-0.2, -0.15) is 0 Å². The Hall–Kier alpha value is -2.87. The van der Waals surface area contributed by atoms with E-state index in [9.17, 15) is 18.0 Å². The molecule has 2 amide bonds. The van der Waals surface area contributed by atoms with Gasteiger partial charge in [-0.15, -0.1) is 0 Å². The van der Waals surface area contributed by atoms with Crippen molar-refractivity contribution in [2.45, 2.75) is 46.5 Å². The van der Waals surface area contributed by atoms with Crippen molar-refractivity contribution in [2.24, 2.45) is 0 Å². The van der Waals surface area contributed by atoms with Gasteiger partial charge in [0.2, 0.25) is 15.9 Å². The van der Waals surface area contributed by atoms with E-state index >= 15 is 0 Å². The van der Waals surface area contributed by atoms with Gasteiger partial charge in [0.15, 0.2) is 0 Å². The molecule has 0 radical (unpaired) electrons. The normalized spacial score (nSPS) is 11.1. The molecule has 0 aliphatic heterocycles. The van der Waals surface area contributed by atoms with Crippen LogP contribution in [0.15, 0.2) is 42.5 Å². The molecule has 0 aliphatic rings. The van der Waals surface area contributed by atoms with Crippen molar-refractivity contribution in [3.05, 3.63) is 59.2 Å². The Morgan fingerprint density at radius 3 is 2.41 bits per heavy atom. The van der Waals surface area contributed by atoms with Gasteiger partial charge in [0.1, 0.15) is 0 Å². The Kier molecular flexibility index (Phi) is 9.26. The number of unbranched alkanes of at least 4 members (excludes halogenated alkanes) is 1. The van der Waals surface area contributed by atoms with Crippen LogP contribution in [0.25, 0.3) is 0 Å². The van der Waals surface area contributed by atoms with Gasteiger partial charge in [-0.3, -0.25) is 13.9 Å². The van der Waals surface area contributed by atoms with Crippen molar-refractivity contribution in [3.63, 3.8) is 0 Å². The topological polar surface area (TPSA) is 95.6 Å². The molecule has 0 atom stereocenters. The Labute approximate surface area is 191 Å². The predicted molar refractivity (Wildman–Crippen MR) is 130 cm³/mol. The molecule has 0 saturated carbocycles. The number of carbonyl (C=O) groups is 2. The molecule has 0 bridgehead atoms. The highest BCUT2D eigenvalue weighted by Gasteiger charge is 2.20. The molecule has 32 heavy (non-hydrogen) atoms. The molecule has 0 fully saturated rings. The number of carbonyl (C=O) groups excluding carboxylic acids is 2. The number of benzene rings is 2. The van der Waals surface area contributed by atoms with Gasteiger partial charge in [0.05, 0.1) is 23.2 Å². The van der Waals surface area contributed by atoms with Crippen molar-refractivity contribution in [1.82, 2.24) is 5.32 Å². The average Bonchev–Trinajstić information content (AvgIpc) is 2.73. The highest BCUT2D eigenvalue weighted by Crippen LogP contribution is 2.25. The number of amides is 2. The van der Waals surface area contributed by atoms with E-state index < -0.39 is 10.0 Å². The second-order valence-electron chi connectivity index (χ2n) is 7.86. The number of hydrogen-bond donors (Lipinski definition) is 2. The Morgan fingerprint density at radius 2 is 1.72 bits per heavy atom. The van der Waals surface area contributed by atoms with E-state index in [1.165, 1.54) is 10.6 Å². The van der Waals surface area contributed by atoms with Crippen molar-refractivity contribution in [2.75, 3.05) is 29.0 Å². The van der Waals surface area contributed by atoms with Gasteiger partial charge < -0.3 is 10.6 Å². The second-order valence-corrected chi connectivity index (χ2v) is 9.77. The summed E-state index contributed by atoms with van der Waals surface area (Å²) in [6, 6.07) is 12.4. The lowest BCUT2D eigenvalue weighted by atomic mass is 10.1. The first kappa shape index (κ1) is 25.4. The minimum atomic E-state index is -3.49. The summed E-state index contributed by atoms with van der Waals surface area (Å²) in [6.07, 6.45) is 3.50. The molecular weight excluding hydrogens is 426 g/mol. The predicted octanol–water partition coefficient (Wildman–Crippen LogP) is 4.02. The van der Waals surface area contributed by atoms with Crippen LogP contribution in [0.1, 0.15) is 54.1 Å². The fourth-order valence-corrected chi connectivity index (χ4v) is 4.35. The third-order valence-corrected chi connectivity index (χ3v) is 6.45. The van der Waals surface area contributed by atoms with Crippen LogP contribution in [-0.4, -0.2) is 39.6 Å². The standard InChI is InChI=1S/C24H33N3O4S/c1-5-6-16-25-24(29)20-12-7-8-13-21(20)26-23(28)15-10-17-27(32(4,30)31)22-14-9-11-18(2)19(22)3/h7-9,11-14H,5-6,10,15-17H2,1-4H3,(H,25,29)(H,26,28). The molecule has 2 aromatic carbocycles. The summed E-state index contributed by atoms with van der Waals surface area (Å²) in [5, 5.41) is 5.64. The van der Waals surface area contributed by atoms with Crippen molar-refractivity contribution < 1.29 is 18.0 Å². The molecule has 0 heterocycles. The largest absolute Gasteiger partial charge is 0.352 e. The molecule has 7 nitrogen and oxygen atoms in total. The Morgan fingerprint density at radius 1 is 1.00 bits per heavy atom. The monoisotopic (exact) mass is 459 g/mol. The van der Waals surface area contributed by atoms with E-state index in [0.29, 0.717) is 29.9 Å². The third kappa shape index (κ3) is 7.09. The fraction of sp³-hybridized carbons (Fsp3) is 0.417. The van der Waals surface area contributed by atoms with Crippen LogP contribution in [0.5, 0.6) is 0 Å². The molecule has 8 heteroatoms. The maximum Gasteiger partial charge on any atom is 0.253 e. The van der Waals surface area contributed by atoms with Crippen LogP contribution in [0, 0.1) is 13.8 Å². The van der Waals surface area contributed by atoms with Crippen LogP contribution in [0.4, 0.5) is 11.4 Å². The molecule has 174 valence electrons. The van der Waals surface area contributed by atoms with Gasteiger partial charge in [0.25, 0.3) is 5.91 Å². The number of sulfonamides is 1. The summed E-state index contributed by atoms with van der Waals surface area (Å²) >= 11 is 0. The van der Waals surface area contributed by atoms with E-state index in [-0.39, 0.29) is 24.8 Å². The van der Waals surface area contributed by atoms with Crippen molar-refractivity contribution in [1.29, 1.82) is 0 Å². The molecule has 0 spiro atoms. The molecule has 0 aromatic heterocycles. The van der Waals surface area contributed by atoms with Crippen LogP contribution in [-0.2, 0) is 14.8 Å². The Bertz CT molecular complexity index is 1050. The highest BCUT2D eigenvalue weighted by atomic mass is 32.2. The van der Waals surface area contributed by atoms with Gasteiger partial charge in [-0.1, -0.05) is 37.6 Å². The summed E-state index contributed by atoms with van der Waals surface area (Å²) < 4.78 is 26.1. The molecule has 0 saturated heterocycles. The molecule has 0 unspecified atom stereocenters. The number of nitrogens with one attached hydrogen (secondary N) is 2. The number of aryl methyl sites for hydroxylation is 1. The smallest absolute Gasteiger partial charge is 0.253 e. The van der Waals surface area contributed by atoms with Gasteiger partial charge in [-0.05, 0) is 56.0 Å². The summed E-state index contributed by atoms with van der Waals surface area (Å²) in [4.78, 5) is 24.9. The summed E-state index contributed by atoms with van der Waals surface area (Å²) in [5.74, 6) is -0.499. The lowest BCUT2D eigenvalue weighted by Gasteiger charge is -2.25. The highest BCUT2D eigenvalue weighted by molar-refractivity contribution is 7.92. The van der Waals surface area contributed by atoms with Crippen LogP contribution in [0.2, 0.25) is 0 Å².